The zero-order valence-electron chi connectivity index (χ0n) is 9.32. The SMILES string of the molecule is CNCC12CC(c3cc(F)ccc3Cl)(C1)C2. The van der Waals surface area contributed by atoms with Crippen LogP contribution in [-0.2, 0) is 5.41 Å². The van der Waals surface area contributed by atoms with Gasteiger partial charge in [0.15, 0.2) is 0 Å². The molecule has 2 bridgehead atoms. The van der Waals surface area contributed by atoms with Crippen molar-refractivity contribution in [3.63, 3.8) is 0 Å². The Morgan fingerprint density at radius 2 is 2.06 bits per heavy atom. The van der Waals surface area contributed by atoms with Crippen molar-refractivity contribution in [1.82, 2.24) is 5.32 Å². The van der Waals surface area contributed by atoms with E-state index in [-0.39, 0.29) is 11.2 Å². The van der Waals surface area contributed by atoms with Crippen LogP contribution in [0.3, 0.4) is 0 Å². The minimum absolute atomic E-state index is 0.174. The Bertz CT molecular complexity index is 424. The van der Waals surface area contributed by atoms with Crippen LogP contribution in [0, 0.1) is 11.2 Å². The lowest BCUT2D eigenvalue weighted by Crippen LogP contribution is -2.67. The Kier molecular flexibility index (Phi) is 2.11. The van der Waals surface area contributed by atoms with E-state index in [9.17, 15) is 4.39 Å². The van der Waals surface area contributed by atoms with E-state index in [0.717, 1.165) is 36.4 Å². The molecule has 3 fully saturated rings. The Labute approximate surface area is 100.0 Å². The lowest BCUT2D eigenvalue weighted by atomic mass is 9.33. The molecule has 0 heterocycles. The second-order valence-electron chi connectivity index (χ2n) is 5.47. The van der Waals surface area contributed by atoms with Gasteiger partial charge in [0.1, 0.15) is 5.82 Å². The molecular weight excluding hydrogens is 225 g/mol. The van der Waals surface area contributed by atoms with Crippen LogP contribution >= 0.6 is 11.6 Å². The summed E-state index contributed by atoms with van der Waals surface area (Å²) in [6.45, 7) is 1.07. The minimum Gasteiger partial charge on any atom is -0.319 e. The second-order valence-corrected chi connectivity index (χ2v) is 5.87. The van der Waals surface area contributed by atoms with E-state index in [4.69, 9.17) is 11.6 Å². The van der Waals surface area contributed by atoms with Crippen molar-refractivity contribution in [1.29, 1.82) is 0 Å². The summed E-state index contributed by atoms with van der Waals surface area (Å²) in [6, 6.07) is 4.73. The summed E-state index contributed by atoms with van der Waals surface area (Å²) in [5, 5.41) is 3.96. The van der Waals surface area contributed by atoms with Crippen molar-refractivity contribution in [3.8, 4) is 0 Å². The highest BCUT2D eigenvalue weighted by Gasteiger charge is 2.68. The summed E-state index contributed by atoms with van der Waals surface area (Å²) in [4.78, 5) is 0. The van der Waals surface area contributed by atoms with Gasteiger partial charge in [-0.15, -0.1) is 0 Å². The van der Waals surface area contributed by atoms with Crippen molar-refractivity contribution in [3.05, 3.63) is 34.6 Å². The van der Waals surface area contributed by atoms with E-state index >= 15 is 0 Å². The number of halogens is 2. The smallest absolute Gasteiger partial charge is 0.123 e. The first-order chi connectivity index (χ1) is 7.59. The third-order valence-corrected chi connectivity index (χ3v) is 4.52. The molecule has 1 N–H and O–H groups in total. The maximum absolute atomic E-state index is 13.2. The van der Waals surface area contributed by atoms with Crippen LogP contribution in [-0.4, -0.2) is 13.6 Å². The molecule has 3 heteroatoms. The molecule has 0 amide bonds. The van der Waals surface area contributed by atoms with Crippen LogP contribution in [0.2, 0.25) is 5.02 Å². The monoisotopic (exact) mass is 239 g/mol. The largest absolute Gasteiger partial charge is 0.319 e. The first-order valence-corrected chi connectivity index (χ1v) is 6.07. The van der Waals surface area contributed by atoms with Crippen molar-refractivity contribution in [2.45, 2.75) is 24.7 Å². The molecule has 0 radical (unpaired) electrons. The van der Waals surface area contributed by atoms with Gasteiger partial charge in [-0.3, -0.25) is 0 Å². The molecule has 0 unspecified atom stereocenters. The third kappa shape index (κ3) is 1.26. The first kappa shape index (κ1) is 10.5. The van der Waals surface area contributed by atoms with Crippen molar-refractivity contribution in [2.24, 2.45) is 5.41 Å². The number of rotatable bonds is 3. The molecule has 3 aliphatic rings. The molecule has 0 saturated heterocycles. The average molecular weight is 240 g/mol. The summed E-state index contributed by atoms with van der Waals surface area (Å²) < 4.78 is 13.2. The maximum atomic E-state index is 13.2. The maximum Gasteiger partial charge on any atom is 0.123 e. The van der Waals surface area contributed by atoms with Gasteiger partial charge >= 0.3 is 0 Å². The molecule has 3 aliphatic carbocycles. The molecule has 0 aromatic heterocycles. The molecular formula is C13H15ClFN. The average Bonchev–Trinajstić information content (AvgIpc) is 2.13. The third-order valence-electron chi connectivity index (χ3n) is 4.19. The molecule has 0 spiro atoms. The fraction of sp³-hybridized carbons (Fsp3) is 0.538. The molecule has 3 saturated carbocycles. The van der Waals surface area contributed by atoms with Crippen LogP contribution in [0.1, 0.15) is 24.8 Å². The van der Waals surface area contributed by atoms with Crippen LogP contribution in [0.15, 0.2) is 18.2 Å². The Balaban J connectivity index is 1.84. The van der Waals surface area contributed by atoms with Gasteiger partial charge < -0.3 is 5.32 Å². The van der Waals surface area contributed by atoms with Crippen molar-refractivity contribution >= 4 is 11.6 Å². The fourth-order valence-corrected chi connectivity index (χ4v) is 4.07. The zero-order valence-corrected chi connectivity index (χ0v) is 10.1. The summed E-state index contributed by atoms with van der Waals surface area (Å²) in [5.74, 6) is -0.174. The minimum atomic E-state index is -0.174. The number of hydrogen-bond donors (Lipinski definition) is 1. The standard InChI is InChI=1S/C13H15ClFN/c1-16-8-12-5-13(6-12,7-12)10-4-9(15)2-3-11(10)14/h2-4,16H,5-8H2,1H3. The molecule has 16 heavy (non-hydrogen) atoms. The Hall–Kier alpha value is -0.600. The van der Waals surface area contributed by atoms with E-state index < -0.39 is 0 Å². The topological polar surface area (TPSA) is 12.0 Å². The highest BCUT2D eigenvalue weighted by atomic mass is 35.5. The summed E-state index contributed by atoms with van der Waals surface area (Å²) in [7, 11) is 1.99. The highest BCUT2D eigenvalue weighted by molar-refractivity contribution is 6.31. The molecule has 0 aliphatic heterocycles. The lowest BCUT2D eigenvalue weighted by molar-refractivity contribution is -0.137. The zero-order chi connectivity index (χ0) is 11.4. The van der Waals surface area contributed by atoms with Gasteiger partial charge in [0.25, 0.3) is 0 Å². The summed E-state index contributed by atoms with van der Waals surface area (Å²) in [5.41, 5.74) is 1.69. The van der Waals surface area contributed by atoms with Crippen molar-refractivity contribution in [2.75, 3.05) is 13.6 Å². The van der Waals surface area contributed by atoms with Gasteiger partial charge in [-0.1, -0.05) is 11.6 Å². The van der Waals surface area contributed by atoms with Gasteiger partial charge in [-0.05, 0) is 60.9 Å². The van der Waals surface area contributed by atoms with E-state index in [1.165, 1.54) is 6.07 Å². The van der Waals surface area contributed by atoms with Crippen LogP contribution < -0.4 is 5.32 Å². The molecule has 86 valence electrons. The first-order valence-electron chi connectivity index (χ1n) is 5.69. The van der Waals surface area contributed by atoms with Crippen LogP contribution in [0.4, 0.5) is 4.39 Å². The van der Waals surface area contributed by atoms with Crippen LogP contribution in [0.25, 0.3) is 0 Å². The fourth-order valence-electron chi connectivity index (χ4n) is 3.75. The molecule has 1 aromatic carbocycles. The highest BCUT2D eigenvalue weighted by Crippen LogP contribution is 2.73. The lowest BCUT2D eigenvalue weighted by Gasteiger charge is -2.71. The number of hydrogen-bond acceptors (Lipinski definition) is 1. The van der Waals surface area contributed by atoms with Gasteiger partial charge in [0.2, 0.25) is 0 Å². The predicted molar refractivity (Wildman–Crippen MR) is 63.3 cm³/mol. The summed E-state index contributed by atoms with van der Waals surface area (Å²) in [6.07, 6.45) is 3.47. The van der Waals surface area contributed by atoms with E-state index in [1.54, 1.807) is 12.1 Å². The normalized spacial score (nSPS) is 35.4. The van der Waals surface area contributed by atoms with Gasteiger partial charge in [-0.25, -0.2) is 4.39 Å². The predicted octanol–water partition coefficient (Wildman–Crippen LogP) is 3.12. The Morgan fingerprint density at radius 3 is 2.69 bits per heavy atom. The van der Waals surface area contributed by atoms with E-state index in [0.29, 0.717) is 5.41 Å². The van der Waals surface area contributed by atoms with Gasteiger partial charge in [0.05, 0.1) is 0 Å². The van der Waals surface area contributed by atoms with E-state index in [2.05, 4.69) is 5.32 Å². The summed E-state index contributed by atoms with van der Waals surface area (Å²) >= 11 is 6.16. The quantitative estimate of drug-likeness (QED) is 0.855. The number of benzene rings is 1. The Morgan fingerprint density at radius 1 is 1.38 bits per heavy atom. The van der Waals surface area contributed by atoms with Gasteiger partial charge in [0, 0.05) is 11.6 Å². The molecule has 0 atom stereocenters. The van der Waals surface area contributed by atoms with Gasteiger partial charge in [-0.2, -0.15) is 0 Å². The number of nitrogens with one attached hydrogen (secondary N) is 1. The second kappa shape index (κ2) is 3.21. The molecule has 1 aromatic rings. The molecule has 4 rings (SSSR count). The molecule has 1 nitrogen and oxygen atoms in total. The van der Waals surface area contributed by atoms with Crippen molar-refractivity contribution < 1.29 is 4.39 Å². The van der Waals surface area contributed by atoms with Crippen LogP contribution in [0.5, 0.6) is 0 Å². The van der Waals surface area contributed by atoms with E-state index in [1.807, 2.05) is 7.05 Å².